The molecule has 0 radical (unpaired) electrons. The van der Waals surface area contributed by atoms with Crippen LogP contribution < -0.4 is 0 Å². The van der Waals surface area contributed by atoms with Crippen molar-refractivity contribution >= 4 is 23.6 Å². The van der Waals surface area contributed by atoms with Gasteiger partial charge in [0, 0.05) is 12.4 Å². The molecule has 2 aromatic heterocycles. The van der Waals surface area contributed by atoms with Crippen LogP contribution in [0.1, 0.15) is 17.2 Å². The molecule has 0 saturated heterocycles. The van der Waals surface area contributed by atoms with Crippen molar-refractivity contribution in [3.05, 3.63) is 53.5 Å². The van der Waals surface area contributed by atoms with Gasteiger partial charge in [-0.15, -0.1) is 5.10 Å². The van der Waals surface area contributed by atoms with Crippen LogP contribution in [-0.2, 0) is 6.54 Å². The highest BCUT2D eigenvalue weighted by Crippen LogP contribution is 2.15. The molecule has 7 heteroatoms. The zero-order valence-electron chi connectivity index (χ0n) is 11.6. The first-order chi connectivity index (χ1) is 10.7. The molecule has 110 valence electrons. The number of fused-ring (bicyclic) bond motifs is 1. The average molecular weight is 296 g/mol. The van der Waals surface area contributed by atoms with Crippen LogP contribution in [0.5, 0.6) is 0 Å². The summed E-state index contributed by atoms with van der Waals surface area (Å²) in [6.45, 7) is 0.424. The van der Waals surface area contributed by atoms with E-state index in [1.807, 2.05) is 0 Å². The summed E-state index contributed by atoms with van der Waals surface area (Å²) in [6.07, 6.45) is 2.32. The SMILES string of the molecule is N=CC(C=N)c1ccc2nnn(Cc3ccc(F)cc3)c2n1. The third-order valence-corrected chi connectivity index (χ3v) is 3.33. The van der Waals surface area contributed by atoms with Gasteiger partial charge >= 0.3 is 0 Å². The third-order valence-electron chi connectivity index (χ3n) is 3.33. The van der Waals surface area contributed by atoms with E-state index < -0.39 is 5.92 Å². The first-order valence-corrected chi connectivity index (χ1v) is 6.67. The van der Waals surface area contributed by atoms with Gasteiger partial charge in [-0.2, -0.15) is 0 Å². The Morgan fingerprint density at radius 2 is 1.82 bits per heavy atom. The van der Waals surface area contributed by atoms with E-state index in [1.165, 1.54) is 12.1 Å². The average Bonchev–Trinajstić information content (AvgIpc) is 2.93. The topological polar surface area (TPSA) is 91.3 Å². The quantitative estimate of drug-likeness (QED) is 0.708. The fourth-order valence-corrected chi connectivity index (χ4v) is 2.14. The summed E-state index contributed by atoms with van der Waals surface area (Å²) in [5, 5.41) is 22.8. The standard InChI is InChI=1S/C15H13FN6/c16-12-3-1-10(2-4-12)9-22-15-14(20-21-22)6-5-13(19-15)11(7-17)8-18/h1-8,11,17-18H,9H2. The lowest BCUT2D eigenvalue weighted by Crippen LogP contribution is -2.07. The predicted molar refractivity (Wildman–Crippen MR) is 81.1 cm³/mol. The van der Waals surface area contributed by atoms with Gasteiger partial charge in [0.05, 0.1) is 18.2 Å². The van der Waals surface area contributed by atoms with Gasteiger partial charge in [-0.25, -0.2) is 14.1 Å². The number of halogens is 1. The van der Waals surface area contributed by atoms with Gasteiger partial charge in [0.15, 0.2) is 5.65 Å². The van der Waals surface area contributed by atoms with E-state index in [1.54, 1.807) is 28.9 Å². The maximum absolute atomic E-state index is 12.9. The summed E-state index contributed by atoms with van der Waals surface area (Å²) in [6, 6.07) is 9.67. The van der Waals surface area contributed by atoms with Crippen molar-refractivity contribution in [2.24, 2.45) is 0 Å². The lowest BCUT2D eigenvalue weighted by molar-refractivity contribution is 0.623. The van der Waals surface area contributed by atoms with Gasteiger partial charge in [-0.1, -0.05) is 17.3 Å². The summed E-state index contributed by atoms with van der Waals surface area (Å²) in [4.78, 5) is 4.45. The van der Waals surface area contributed by atoms with Crippen LogP contribution in [0.15, 0.2) is 36.4 Å². The second-order valence-corrected chi connectivity index (χ2v) is 4.81. The number of benzene rings is 1. The Bertz CT molecular complexity index is 816. The number of hydrogen-bond acceptors (Lipinski definition) is 5. The Kier molecular flexibility index (Phi) is 3.69. The number of nitrogens with zero attached hydrogens (tertiary/aromatic N) is 4. The van der Waals surface area contributed by atoms with Crippen LogP contribution in [0.25, 0.3) is 11.2 Å². The third kappa shape index (κ3) is 2.60. The summed E-state index contributed by atoms with van der Waals surface area (Å²) < 4.78 is 14.6. The molecule has 1 aromatic carbocycles. The summed E-state index contributed by atoms with van der Waals surface area (Å²) in [7, 11) is 0. The molecular weight excluding hydrogens is 283 g/mol. The second kappa shape index (κ2) is 5.80. The Hall–Kier alpha value is -2.96. The van der Waals surface area contributed by atoms with Crippen molar-refractivity contribution in [3.8, 4) is 0 Å². The van der Waals surface area contributed by atoms with Gasteiger partial charge < -0.3 is 10.8 Å². The van der Waals surface area contributed by atoms with E-state index in [-0.39, 0.29) is 5.82 Å². The highest BCUT2D eigenvalue weighted by atomic mass is 19.1. The van der Waals surface area contributed by atoms with Crippen LogP contribution in [0.3, 0.4) is 0 Å². The molecule has 0 atom stereocenters. The molecule has 0 aliphatic carbocycles. The molecule has 0 fully saturated rings. The summed E-state index contributed by atoms with van der Waals surface area (Å²) >= 11 is 0. The van der Waals surface area contributed by atoms with Gasteiger partial charge in [0.2, 0.25) is 0 Å². The van der Waals surface area contributed by atoms with Crippen LogP contribution in [0.2, 0.25) is 0 Å². The Balaban J connectivity index is 1.99. The highest BCUT2D eigenvalue weighted by molar-refractivity contribution is 5.87. The minimum Gasteiger partial charge on any atom is -0.312 e. The minimum absolute atomic E-state index is 0.285. The lowest BCUT2D eigenvalue weighted by Gasteiger charge is -2.06. The van der Waals surface area contributed by atoms with Gasteiger partial charge in [0.1, 0.15) is 11.3 Å². The molecule has 0 unspecified atom stereocenters. The van der Waals surface area contributed by atoms with E-state index in [0.717, 1.165) is 18.0 Å². The molecule has 0 aliphatic heterocycles. The van der Waals surface area contributed by atoms with Gasteiger partial charge in [0.25, 0.3) is 0 Å². The number of aromatic nitrogens is 4. The molecule has 2 N–H and O–H groups in total. The fraction of sp³-hybridized carbons (Fsp3) is 0.133. The Labute approximate surface area is 125 Å². The van der Waals surface area contributed by atoms with Crippen LogP contribution in [0, 0.1) is 16.6 Å². The fourth-order valence-electron chi connectivity index (χ4n) is 2.14. The number of rotatable bonds is 5. The molecule has 0 amide bonds. The van der Waals surface area contributed by atoms with Crippen molar-refractivity contribution in [2.45, 2.75) is 12.5 Å². The van der Waals surface area contributed by atoms with Crippen molar-refractivity contribution in [1.29, 1.82) is 10.8 Å². The summed E-state index contributed by atoms with van der Waals surface area (Å²) in [5.74, 6) is -0.744. The number of nitrogens with one attached hydrogen (secondary N) is 2. The summed E-state index contributed by atoms with van der Waals surface area (Å²) in [5.41, 5.74) is 2.70. The van der Waals surface area contributed by atoms with Crippen molar-refractivity contribution in [2.75, 3.05) is 0 Å². The maximum atomic E-state index is 12.9. The zero-order chi connectivity index (χ0) is 15.5. The van der Waals surface area contributed by atoms with E-state index in [2.05, 4.69) is 15.3 Å². The molecule has 0 spiro atoms. The van der Waals surface area contributed by atoms with E-state index in [0.29, 0.717) is 23.4 Å². The van der Waals surface area contributed by atoms with Gasteiger partial charge in [-0.05, 0) is 29.8 Å². The van der Waals surface area contributed by atoms with Crippen LogP contribution >= 0.6 is 0 Å². The molecule has 0 aliphatic rings. The van der Waals surface area contributed by atoms with Gasteiger partial charge in [-0.3, -0.25) is 0 Å². The van der Waals surface area contributed by atoms with E-state index >= 15 is 0 Å². The smallest absolute Gasteiger partial charge is 0.179 e. The molecule has 0 saturated carbocycles. The van der Waals surface area contributed by atoms with E-state index in [4.69, 9.17) is 10.8 Å². The molecule has 3 rings (SSSR count). The van der Waals surface area contributed by atoms with E-state index in [9.17, 15) is 4.39 Å². The number of hydrogen-bond donors (Lipinski definition) is 2. The largest absolute Gasteiger partial charge is 0.312 e. The predicted octanol–water partition coefficient (Wildman–Crippen LogP) is 2.40. The maximum Gasteiger partial charge on any atom is 0.179 e. The number of pyridine rings is 1. The lowest BCUT2D eigenvalue weighted by atomic mass is 10.1. The first kappa shape index (κ1) is 14.0. The first-order valence-electron chi connectivity index (χ1n) is 6.67. The van der Waals surface area contributed by atoms with Crippen molar-refractivity contribution < 1.29 is 4.39 Å². The zero-order valence-corrected chi connectivity index (χ0v) is 11.6. The second-order valence-electron chi connectivity index (χ2n) is 4.81. The van der Waals surface area contributed by atoms with Crippen molar-refractivity contribution in [1.82, 2.24) is 20.0 Å². The Morgan fingerprint density at radius 1 is 1.09 bits per heavy atom. The molecule has 3 aromatic rings. The van der Waals surface area contributed by atoms with Crippen LogP contribution in [0.4, 0.5) is 4.39 Å². The van der Waals surface area contributed by atoms with Crippen molar-refractivity contribution in [3.63, 3.8) is 0 Å². The molecule has 0 bridgehead atoms. The Morgan fingerprint density at radius 3 is 2.50 bits per heavy atom. The molecule has 22 heavy (non-hydrogen) atoms. The monoisotopic (exact) mass is 296 g/mol. The minimum atomic E-state index is -0.460. The highest BCUT2D eigenvalue weighted by Gasteiger charge is 2.12. The molecular formula is C15H13FN6. The molecule has 6 nitrogen and oxygen atoms in total. The molecule has 2 heterocycles. The normalized spacial score (nSPS) is 12.2. The van der Waals surface area contributed by atoms with Crippen LogP contribution in [-0.4, -0.2) is 32.4 Å².